The van der Waals surface area contributed by atoms with Crippen molar-refractivity contribution in [2.45, 2.75) is 50.9 Å². The van der Waals surface area contributed by atoms with E-state index in [2.05, 4.69) is 26.7 Å². The minimum Gasteiger partial charge on any atom is -0.353 e. The predicted octanol–water partition coefficient (Wildman–Crippen LogP) is 5.07. The van der Waals surface area contributed by atoms with Gasteiger partial charge in [0.2, 0.25) is 5.91 Å². The van der Waals surface area contributed by atoms with E-state index in [1.165, 1.54) is 11.3 Å². The van der Waals surface area contributed by atoms with Gasteiger partial charge in [0.15, 0.2) is 0 Å². The van der Waals surface area contributed by atoms with Gasteiger partial charge in [0, 0.05) is 43.4 Å². The normalized spacial score (nSPS) is 25.7. The number of carbonyl (C=O) groups is 1. The number of hydrogen-bond donors (Lipinski definition) is 0. The van der Waals surface area contributed by atoms with E-state index >= 15 is 0 Å². The second kappa shape index (κ2) is 8.59. The van der Waals surface area contributed by atoms with E-state index in [1.54, 1.807) is 6.33 Å². The monoisotopic (exact) mass is 458 g/mol. The molecule has 0 radical (unpaired) electrons. The Morgan fingerprint density at radius 3 is 2.61 bits per heavy atom. The number of aryl methyl sites for hydroxylation is 1. The molecule has 2 aliphatic carbocycles. The average molecular weight is 459 g/mol. The molecule has 5 nitrogen and oxygen atoms in total. The van der Waals surface area contributed by atoms with E-state index in [0.717, 1.165) is 69.7 Å². The summed E-state index contributed by atoms with van der Waals surface area (Å²) in [6.07, 6.45) is 6.94. The fourth-order valence-corrected chi connectivity index (χ4v) is 5.95. The molecule has 1 saturated heterocycles. The Morgan fingerprint density at radius 2 is 1.84 bits per heavy atom. The van der Waals surface area contributed by atoms with Crippen LogP contribution in [-0.2, 0) is 11.2 Å². The zero-order valence-electron chi connectivity index (χ0n) is 17.9. The summed E-state index contributed by atoms with van der Waals surface area (Å²) < 4.78 is 0. The van der Waals surface area contributed by atoms with Crippen molar-refractivity contribution in [2.24, 2.45) is 5.92 Å². The molecule has 5 rings (SSSR count). The number of hydrogen-bond acceptors (Lipinski definition) is 4. The van der Waals surface area contributed by atoms with Gasteiger partial charge in [-0.2, -0.15) is 0 Å². The summed E-state index contributed by atoms with van der Waals surface area (Å²) in [6, 6.07) is 5.81. The lowest BCUT2D eigenvalue weighted by Gasteiger charge is -2.38. The van der Waals surface area contributed by atoms with E-state index < -0.39 is 0 Å². The molecule has 7 heteroatoms. The zero-order valence-corrected chi connectivity index (χ0v) is 19.4. The molecule has 2 aromatic rings. The van der Waals surface area contributed by atoms with Gasteiger partial charge in [0.25, 0.3) is 0 Å². The van der Waals surface area contributed by atoms with Gasteiger partial charge < -0.3 is 9.80 Å². The molecule has 3 atom stereocenters. The summed E-state index contributed by atoms with van der Waals surface area (Å²) in [5.41, 5.74) is 3.65. The molecular formula is C24H28Cl2N4O. The van der Waals surface area contributed by atoms with E-state index in [4.69, 9.17) is 23.2 Å². The third kappa shape index (κ3) is 3.91. The summed E-state index contributed by atoms with van der Waals surface area (Å²) in [6.45, 7) is 5.41. The Labute approximate surface area is 193 Å². The minimum atomic E-state index is 0.0344. The predicted molar refractivity (Wildman–Crippen MR) is 124 cm³/mol. The molecule has 2 fully saturated rings. The number of aromatic nitrogens is 2. The summed E-state index contributed by atoms with van der Waals surface area (Å²) in [5.74, 6) is 2.14. The van der Waals surface area contributed by atoms with Crippen LogP contribution in [0.3, 0.4) is 0 Å². The second-order valence-corrected chi connectivity index (χ2v) is 9.94. The van der Waals surface area contributed by atoms with Crippen LogP contribution < -0.4 is 4.90 Å². The molecule has 2 heterocycles. The number of fused-ring (bicyclic) bond motifs is 1. The highest BCUT2D eigenvalue weighted by atomic mass is 35.5. The van der Waals surface area contributed by atoms with Crippen LogP contribution in [0.25, 0.3) is 0 Å². The summed E-state index contributed by atoms with van der Waals surface area (Å²) in [7, 11) is 0. The SMILES string of the molecule is C[C@@H]1CCc2ncnc(N3CCN(C(=O)[C@@H]4CCC[C@H]4c4ccc(Cl)c(Cl)c4)CC3)c21. The van der Waals surface area contributed by atoms with Gasteiger partial charge >= 0.3 is 0 Å². The number of halogens is 2. The molecule has 164 valence electrons. The largest absolute Gasteiger partial charge is 0.353 e. The minimum absolute atomic E-state index is 0.0344. The molecule has 3 aliphatic rings. The molecular weight excluding hydrogens is 431 g/mol. The maximum absolute atomic E-state index is 13.4. The molecule has 0 N–H and O–H groups in total. The number of benzene rings is 1. The van der Waals surface area contributed by atoms with Crippen molar-refractivity contribution in [1.82, 2.24) is 14.9 Å². The van der Waals surface area contributed by atoms with E-state index in [1.807, 2.05) is 18.2 Å². The van der Waals surface area contributed by atoms with Crippen LogP contribution in [0.5, 0.6) is 0 Å². The van der Waals surface area contributed by atoms with Crippen LogP contribution in [0.4, 0.5) is 5.82 Å². The van der Waals surface area contributed by atoms with Crippen LogP contribution in [0, 0.1) is 5.92 Å². The van der Waals surface area contributed by atoms with Crippen molar-refractivity contribution in [3.8, 4) is 0 Å². The zero-order chi connectivity index (χ0) is 21.5. The maximum Gasteiger partial charge on any atom is 0.226 e. The van der Waals surface area contributed by atoms with Gasteiger partial charge in [0.05, 0.1) is 10.0 Å². The molecule has 31 heavy (non-hydrogen) atoms. The van der Waals surface area contributed by atoms with Gasteiger partial charge in [-0.05, 0) is 55.2 Å². The lowest BCUT2D eigenvalue weighted by molar-refractivity contribution is -0.136. The molecule has 1 aliphatic heterocycles. The fraction of sp³-hybridized carbons (Fsp3) is 0.542. The van der Waals surface area contributed by atoms with Crippen molar-refractivity contribution >= 4 is 34.9 Å². The Balaban J connectivity index is 1.27. The summed E-state index contributed by atoms with van der Waals surface area (Å²) in [5, 5.41) is 1.13. The Hall–Kier alpha value is -1.85. The number of nitrogens with zero attached hydrogens (tertiary/aromatic N) is 4. The number of carbonyl (C=O) groups excluding carboxylic acids is 1. The van der Waals surface area contributed by atoms with Crippen molar-refractivity contribution in [3.05, 3.63) is 51.4 Å². The summed E-state index contributed by atoms with van der Waals surface area (Å²) >= 11 is 12.3. The van der Waals surface area contributed by atoms with E-state index in [9.17, 15) is 4.79 Å². The van der Waals surface area contributed by atoms with Crippen molar-refractivity contribution in [2.75, 3.05) is 31.1 Å². The smallest absolute Gasteiger partial charge is 0.226 e. The second-order valence-electron chi connectivity index (χ2n) is 9.13. The first-order valence-electron chi connectivity index (χ1n) is 11.4. The van der Waals surface area contributed by atoms with E-state index in [-0.39, 0.29) is 17.7 Å². The van der Waals surface area contributed by atoms with Gasteiger partial charge in [-0.25, -0.2) is 9.97 Å². The first-order chi connectivity index (χ1) is 15.0. The first kappa shape index (κ1) is 21.0. The van der Waals surface area contributed by atoms with Crippen molar-refractivity contribution in [3.63, 3.8) is 0 Å². The van der Waals surface area contributed by atoms with Crippen molar-refractivity contribution < 1.29 is 4.79 Å². The van der Waals surface area contributed by atoms with Gasteiger partial charge in [0.1, 0.15) is 12.1 Å². The lowest BCUT2D eigenvalue weighted by Crippen LogP contribution is -2.51. The van der Waals surface area contributed by atoms with E-state index in [0.29, 0.717) is 16.0 Å². The first-order valence-corrected chi connectivity index (χ1v) is 12.1. The molecule has 1 saturated carbocycles. The fourth-order valence-electron chi connectivity index (χ4n) is 5.65. The number of rotatable bonds is 3. The van der Waals surface area contributed by atoms with Crippen LogP contribution in [-0.4, -0.2) is 47.0 Å². The number of piperazine rings is 1. The molecule has 1 amide bonds. The topological polar surface area (TPSA) is 49.3 Å². The van der Waals surface area contributed by atoms with Gasteiger partial charge in [-0.15, -0.1) is 0 Å². The average Bonchev–Trinajstić information content (AvgIpc) is 3.43. The quantitative estimate of drug-likeness (QED) is 0.644. The molecule has 0 unspecified atom stereocenters. The standard InChI is InChI=1S/C24H28Cl2N4O/c1-15-5-8-21-22(15)23(28-14-27-21)29-9-11-30(12-10-29)24(31)18-4-2-3-17(18)16-6-7-19(25)20(26)13-16/h6-7,13-15,17-18H,2-5,8-12H2,1H3/t15-,17+,18-/m1/s1. The maximum atomic E-state index is 13.4. The third-order valence-corrected chi connectivity index (χ3v) is 8.09. The number of amides is 1. The molecule has 0 bridgehead atoms. The van der Waals surface area contributed by atoms with Crippen LogP contribution in [0.1, 0.15) is 61.3 Å². The highest BCUT2D eigenvalue weighted by Gasteiger charge is 2.38. The van der Waals surface area contributed by atoms with Gasteiger partial charge in [-0.3, -0.25) is 4.79 Å². The highest BCUT2D eigenvalue weighted by Crippen LogP contribution is 2.42. The van der Waals surface area contributed by atoms with Crippen LogP contribution in [0.2, 0.25) is 10.0 Å². The summed E-state index contributed by atoms with van der Waals surface area (Å²) in [4.78, 5) is 27.0. The third-order valence-electron chi connectivity index (χ3n) is 7.35. The Kier molecular flexibility index (Phi) is 5.82. The molecule has 1 aromatic carbocycles. The Morgan fingerprint density at radius 1 is 1.03 bits per heavy atom. The van der Waals surface area contributed by atoms with Crippen molar-refractivity contribution in [1.29, 1.82) is 0 Å². The number of anilines is 1. The Bertz CT molecular complexity index is 990. The van der Waals surface area contributed by atoms with Crippen LogP contribution in [0.15, 0.2) is 24.5 Å². The lowest BCUT2D eigenvalue weighted by atomic mass is 9.87. The van der Waals surface area contributed by atoms with Gasteiger partial charge in [-0.1, -0.05) is 42.6 Å². The highest BCUT2D eigenvalue weighted by molar-refractivity contribution is 6.42. The molecule has 0 spiro atoms. The molecule has 1 aromatic heterocycles. The van der Waals surface area contributed by atoms with Crippen LogP contribution >= 0.6 is 23.2 Å².